The first kappa shape index (κ1) is 13.5. The maximum absolute atomic E-state index is 12.4. The summed E-state index contributed by atoms with van der Waals surface area (Å²) in [6.07, 6.45) is -2.00. The molecule has 4 nitrogen and oxygen atoms in total. The van der Waals surface area contributed by atoms with Crippen LogP contribution < -0.4 is 5.73 Å². The number of nitrogens with two attached hydrogens (primary N) is 1. The average molecular weight is 270 g/mol. The number of hydrogen-bond acceptors (Lipinski definition) is 3. The van der Waals surface area contributed by atoms with Crippen molar-refractivity contribution in [3.8, 4) is 5.82 Å². The van der Waals surface area contributed by atoms with E-state index in [0.29, 0.717) is 5.82 Å². The highest BCUT2D eigenvalue weighted by atomic mass is 19.4. The molecule has 2 aromatic rings. The number of nitrogens with zero attached hydrogens (tertiary/aromatic N) is 3. The minimum Gasteiger partial charge on any atom is -0.324 e. The van der Waals surface area contributed by atoms with Gasteiger partial charge < -0.3 is 5.73 Å². The van der Waals surface area contributed by atoms with Gasteiger partial charge in [-0.1, -0.05) is 0 Å². The van der Waals surface area contributed by atoms with E-state index in [1.54, 1.807) is 13.1 Å². The molecule has 0 saturated heterocycles. The second-order valence-electron chi connectivity index (χ2n) is 4.29. The minimum absolute atomic E-state index is 0.191. The Morgan fingerprint density at radius 1 is 1.26 bits per heavy atom. The van der Waals surface area contributed by atoms with Crippen LogP contribution in [0.2, 0.25) is 0 Å². The van der Waals surface area contributed by atoms with E-state index >= 15 is 0 Å². The highest BCUT2D eigenvalue weighted by molar-refractivity contribution is 5.31. The molecule has 0 saturated carbocycles. The Bertz CT molecular complexity index is 570. The smallest absolute Gasteiger partial charge is 0.324 e. The van der Waals surface area contributed by atoms with Crippen LogP contribution in [0.25, 0.3) is 5.82 Å². The molecular formula is C12H13F3N4. The Kier molecular flexibility index (Phi) is 3.32. The van der Waals surface area contributed by atoms with Crippen LogP contribution in [0.1, 0.15) is 29.8 Å². The molecular weight excluding hydrogens is 257 g/mol. The predicted molar refractivity (Wildman–Crippen MR) is 63.7 cm³/mol. The van der Waals surface area contributed by atoms with Crippen molar-refractivity contribution < 1.29 is 13.2 Å². The summed E-state index contributed by atoms with van der Waals surface area (Å²) in [4.78, 5) is 3.79. The monoisotopic (exact) mass is 270 g/mol. The largest absolute Gasteiger partial charge is 0.417 e. The molecule has 1 atom stereocenters. The molecule has 2 rings (SSSR count). The lowest BCUT2D eigenvalue weighted by Crippen LogP contribution is -2.09. The van der Waals surface area contributed by atoms with Crippen LogP contribution in [-0.2, 0) is 6.18 Å². The zero-order chi connectivity index (χ0) is 14.2. The first-order valence-corrected chi connectivity index (χ1v) is 5.64. The van der Waals surface area contributed by atoms with Gasteiger partial charge in [-0.25, -0.2) is 9.67 Å². The van der Waals surface area contributed by atoms with E-state index in [1.165, 1.54) is 10.7 Å². The fraction of sp³-hybridized carbons (Fsp3) is 0.333. The highest BCUT2D eigenvalue weighted by Gasteiger charge is 2.30. The SMILES string of the molecule is Cc1c(C(C)N)cnn1-c1ccc(C(F)(F)F)cn1. The van der Waals surface area contributed by atoms with E-state index in [0.717, 1.165) is 23.5 Å². The van der Waals surface area contributed by atoms with Crippen LogP contribution in [0.4, 0.5) is 13.2 Å². The summed E-state index contributed by atoms with van der Waals surface area (Å²) >= 11 is 0. The molecule has 19 heavy (non-hydrogen) atoms. The molecule has 2 heterocycles. The zero-order valence-corrected chi connectivity index (χ0v) is 10.4. The Balaban J connectivity index is 2.38. The lowest BCUT2D eigenvalue weighted by molar-refractivity contribution is -0.137. The third-order valence-electron chi connectivity index (χ3n) is 2.83. The van der Waals surface area contributed by atoms with Gasteiger partial charge in [-0.2, -0.15) is 18.3 Å². The van der Waals surface area contributed by atoms with Crippen molar-refractivity contribution in [1.29, 1.82) is 0 Å². The molecule has 102 valence electrons. The number of aromatic nitrogens is 3. The first-order valence-electron chi connectivity index (χ1n) is 5.64. The van der Waals surface area contributed by atoms with Crippen LogP contribution in [0.3, 0.4) is 0 Å². The third kappa shape index (κ3) is 2.60. The van der Waals surface area contributed by atoms with Gasteiger partial charge in [-0.15, -0.1) is 0 Å². The standard InChI is InChI=1S/C12H13F3N4/c1-7(16)10-6-18-19(8(10)2)11-4-3-9(5-17-11)12(13,14)15/h3-7H,16H2,1-2H3. The van der Waals surface area contributed by atoms with Crippen molar-refractivity contribution in [3.05, 3.63) is 41.3 Å². The average Bonchev–Trinajstić information content (AvgIpc) is 2.70. The molecule has 7 heteroatoms. The van der Waals surface area contributed by atoms with Crippen molar-refractivity contribution in [2.24, 2.45) is 5.73 Å². The molecule has 0 aliphatic rings. The van der Waals surface area contributed by atoms with Crippen molar-refractivity contribution >= 4 is 0 Å². The minimum atomic E-state index is -4.39. The molecule has 2 aromatic heterocycles. The van der Waals surface area contributed by atoms with Crippen molar-refractivity contribution in [2.45, 2.75) is 26.1 Å². The summed E-state index contributed by atoms with van der Waals surface area (Å²) < 4.78 is 38.8. The maximum atomic E-state index is 12.4. The van der Waals surface area contributed by atoms with E-state index < -0.39 is 11.7 Å². The number of rotatable bonds is 2. The van der Waals surface area contributed by atoms with Crippen molar-refractivity contribution in [2.75, 3.05) is 0 Å². The maximum Gasteiger partial charge on any atom is 0.417 e. The highest BCUT2D eigenvalue weighted by Crippen LogP contribution is 2.29. The van der Waals surface area contributed by atoms with E-state index in [4.69, 9.17) is 5.73 Å². The quantitative estimate of drug-likeness (QED) is 0.912. The number of alkyl halides is 3. The summed E-state index contributed by atoms with van der Waals surface area (Å²) in [5.74, 6) is 0.331. The predicted octanol–water partition coefficient (Wildman–Crippen LogP) is 2.61. The summed E-state index contributed by atoms with van der Waals surface area (Å²) in [5, 5.41) is 4.09. The molecule has 0 aliphatic heterocycles. The van der Waals surface area contributed by atoms with Crippen LogP contribution in [-0.4, -0.2) is 14.8 Å². The van der Waals surface area contributed by atoms with Crippen LogP contribution >= 0.6 is 0 Å². The fourth-order valence-electron chi connectivity index (χ4n) is 1.78. The van der Waals surface area contributed by atoms with E-state index in [2.05, 4.69) is 10.1 Å². The summed E-state index contributed by atoms with van der Waals surface area (Å²) in [7, 11) is 0. The molecule has 0 bridgehead atoms. The lowest BCUT2D eigenvalue weighted by Gasteiger charge is -2.09. The zero-order valence-electron chi connectivity index (χ0n) is 10.4. The number of halogens is 3. The molecule has 0 aliphatic carbocycles. The van der Waals surface area contributed by atoms with Gasteiger partial charge >= 0.3 is 6.18 Å². The molecule has 0 fully saturated rings. The van der Waals surface area contributed by atoms with Crippen molar-refractivity contribution in [1.82, 2.24) is 14.8 Å². The van der Waals surface area contributed by atoms with E-state index in [1.807, 2.05) is 6.92 Å². The van der Waals surface area contributed by atoms with Gasteiger partial charge in [-0.3, -0.25) is 0 Å². The molecule has 1 unspecified atom stereocenters. The third-order valence-corrected chi connectivity index (χ3v) is 2.83. The molecule has 2 N–H and O–H groups in total. The molecule has 0 spiro atoms. The molecule has 0 amide bonds. The second-order valence-corrected chi connectivity index (χ2v) is 4.29. The van der Waals surface area contributed by atoms with Gasteiger partial charge in [0.1, 0.15) is 0 Å². The van der Waals surface area contributed by atoms with Gasteiger partial charge in [0, 0.05) is 23.5 Å². The van der Waals surface area contributed by atoms with Gasteiger partial charge in [0.25, 0.3) is 0 Å². The van der Waals surface area contributed by atoms with Crippen LogP contribution in [0.5, 0.6) is 0 Å². The Morgan fingerprint density at radius 3 is 2.37 bits per heavy atom. The normalized spacial score (nSPS) is 13.6. The van der Waals surface area contributed by atoms with Crippen molar-refractivity contribution in [3.63, 3.8) is 0 Å². The lowest BCUT2D eigenvalue weighted by atomic mass is 10.1. The summed E-state index contributed by atoms with van der Waals surface area (Å²) in [6, 6.07) is 2.08. The fourth-order valence-corrected chi connectivity index (χ4v) is 1.78. The van der Waals surface area contributed by atoms with Gasteiger partial charge in [0.2, 0.25) is 0 Å². The Labute approximate surface area is 108 Å². The Hall–Kier alpha value is -1.89. The van der Waals surface area contributed by atoms with Gasteiger partial charge in [0.05, 0.1) is 11.8 Å². The van der Waals surface area contributed by atoms with Crippen LogP contribution in [0.15, 0.2) is 24.5 Å². The first-order chi connectivity index (χ1) is 8.80. The van der Waals surface area contributed by atoms with Crippen LogP contribution in [0, 0.1) is 6.92 Å². The number of hydrogen-bond donors (Lipinski definition) is 1. The van der Waals surface area contributed by atoms with Gasteiger partial charge in [0.15, 0.2) is 5.82 Å². The van der Waals surface area contributed by atoms with Gasteiger partial charge in [-0.05, 0) is 26.0 Å². The van der Waals surface area contributed by atoms with E-state index in [-0.39, 0.29) is 6.04 Å². The molecule has 0 aromatic carbocycles. The molecule has 0 radical (unpaired) electrons. The number of pyridine rings is 1. The summed E-state index contributed by atoms with van der Waals surface area (Å²) in [6.45, 7) is 3.61. The second kappa shape index (κ2) is 4.65. The Morgan fingerprint density at radius 2 is 1.95 bits per heavy atom. The summed E-state index contributed by atoms with van der Waals surface area (Å²) in [5.41, 5.74) is 6.58. The topological polar surface area (TPSA) is 56.7 Å². The van der Waals surface area contributed by atoms with E-state index in [9.17, 15) is 13.2 Å².